The minimum atomic E-state index is -0.125. The third-order valence-corrected chi connectivity index (χ3v) is 7.29. The van der Waals surface area contributed by atoms with E-state index in [9.17, 15) is 14.9 Å². The van der Waals surface area contributed by atoms with E-state index >= 15 is 0 Å². The molecule has 0 aliphatic heterocycles. The lowest BCUT2D eigenvalue weighted by atomic mass is 9.89. The zero-order valence-corrected chi connectivity index (χ0v) is 19.0. The molecule has 5 nitrogen and oxygen atoms in total. The lowest BCUT2D eigenvalue weighted by molar-refractivity contribution is -0.116. The first-order valence-corrected chi connectivity index (χ1v) is 12.2. The van der Waals surface area contributed by atoms with Gasteiger partial charge in [0.05, 0.1) is 11.3 Å². The van der Waals surface area contributed by atoms with Crippen molar-refractivity contribution in [2.45, 2.75) is 57.3 Å². The number of hydrogen-bond acceptors (Lipinski definition) is 5. The van der Waals surface area contributed by atoms with Crippen LogP contribution in [0.2, 0.25) is 0 Å². The summed E-state index contributed by atoms with van der Waals surface area (Å²) in [7, 11) is 0. The first-order valence-electron chi connectivity index (χ1n) is 10.4. The maximum absolute atomic E-state index is 12.5. The van der Waals surface area contributed by atoms with Crippen LogP contribution >= 0.6 is 23.1 Å². The molecule has 3 rings (SSSR count). The average molecular weight is 442 g/mol. The van der Waals surface area contributed by atoms with Crippen molar-refractivity contribution in [3.8, 4) is 6.07 Å². The van der Waals surface area contributed by atoms with Crippen LogP contribution in [0.3, 0.4) is 0 Å². The Labute approximate surface area is 186 Å². The van der Waals surface area contributed by atoms with Gasteiger partial charge in [-0.05, 0) is 55.4 Å². The van der Waals surface area contributed by atoms with Crippen molar-refractivity contribution in [1.82, 2.24) is 0 Å². The van der Waals surface area contributed by atoms with E-state index in [1.54, 1.807) is 11.3 Å². The zero-order chi connectivity index (χ0) is 21.5. The maximum atomic E-state index is 12.5. The van der Waals surface area contributed by atoms with Gasteiger partial charge in [-0.1, -0.05) is 26.3 Å². The summed E-state index contributed by atoms with van der Waals surface area (Å²) in [6.07, 6.45) is 5.36. The van der Waals surface area contributed by atoms with Gasteiger partial charge < -0.3 is 10.6 Å². The molecule has 0 spiro atoms. The number of carbonyl (C=O) groups excluding carboxylic acids is 2. The van der Waals surface area contributed by atoms with Gasteiger partial charge >= 0.3 is 0 Å². The second-order valence-electron chi connectivity index (χ2n) is 7.68. The van der Waals surface area contributed by atoms with Crippen LogP contribution in [-0.4, -0.2) is 17.6 Å². The molecule has 2 N–H and O–H groups in total. The molecule has 2 aromatic rings. The van der Waals surface area contributed by atoms with Crippen molar-refractivity contribution >= 4 is 45.6 Å². The van der Waals surface area contributed by atoms with E-state index in [1.807, 2.05) is 24.3 Å². The highest BCUT2D eigenvalue weighted by atomic mass is 32.2. The van der Waals surface area contributed by atoms with E-state index in [0.29, 0.717) is 22.9 Å². The molecule has 1 aromatic carbocycles. The molecule has 0 bridgehead atoms. The van der Waals surface area contributed by atoms with E-state index in [-0.39, 0.29) is 17.6 Å². The van der Waals surface area contributed by atoms with Gasteiger partial charge in [0.2, 0.25) is 11.8 Å². The molecule has 7 heteroatoms. The SMILES string of the molecule is CCCCC(=O)Nc1cccc(SCC(=O)Nc2sc3c(c2C#N)CCC(C)C3)c1. The summed E-state index contributed by atoms with van der Waals surface area (Å²) in [5.74, 6) is 0.755. The molecular formula is C23H27N3O2S2. The summed E-state index contributed by atoms with van der Waals surface area (Å²) in [4.78, 5) is 26.6. The molecule has 1 aromatic heterocycles. The first-order chi connectivity index (χ1) is 14.5. The largest absolute Gasteiger partial charge is 0.326 e. The Balaban J connectivity index is 1.57. The van der Waals surface area contributed by atoms with Crippen molar-refractivity contribution in [2.75, 3.05) is 16.4 Å². The number of thiophene rings is 1. The number of nitrogens with one attached hydrogen (secondary N) is 2. The van der Waals surface area contributed by atoms with E-state index in [1.165, 1.54) is 16.6 Å². The van der Waals surface area contributed by atoms with Gasteiger partial charge in [-0.2, -0.15) is 5.26 Å². The van der Waals surface area contributed by atoms with Crippen LogP contribution in [0.5, 0.6) is 0 Å². The molecule has 0 saturated carbocycles. The highest BCUT2D eigenvalue weighted by Gasteiger charge is 2.24. The summed E-state index contributed by atoms with van der Waals surface area (Å²) in [5, 5.41) is 16.1. The highest BCUT2D eigenvalue weighted by molar-refractivity contribution is 8.00. The van der Waals surface area contributed by atoms with Gasteiger partial charge in [0.25, 0.3) is 0 Å². The molecule has 1 aliphatic carbocycles. The highest BCUT2D eigenvalue weighted by Crippen LogP contribution is 2.39. The molecule has 2 amide bonds. The normalized spacial score (nSPS) is 15.2. The number of benzene rings is 1. The molecule has 0 saturated heterocycles. The molecule has 0 radical (unpaired) electrons. The monoisotopic (exact) mass is 441 g/mol. The molecule has 1 atom stereocenters. The molecule has 158 valence electrons. The Kier molecular flexibility index (Phi) is 7.94. The number of fused-ring (bicyclic) bond motifs is 1. The van der Waals surface area contributed by atoms with Crippen molar-refractivity contribution in [2.24, 2.45) is 5.92 Å². The van der Waals surface area contributed by atoms with E-state index in [4.69, 9.17) is 0 Å². The third kappa shape index (κ3) is 5.87. The zero-order valence-electron chi connectivity index (χ0n) is 17.4. The lowest BCUT2D eigenvalue weighted by Crippen LogP contribution is -2.14. The molecule has 1 heterocycles. The number of anilines is 2. The number of thioether (sulfide) groups is 1. The van der Waals surface area contributed by atoms with Crippen molar-refractivity contribution in [1.29, 1.82) is 5.26 Å². The fourth-order valence-corrected chi connectivity index (χ4v) is 5.63. The Hall–Kier alpha value is -2.30. The van der Waals surface area contributed by atoms with Crippen molar-refractivity contribution in [3.05, 3.63) is 40.3 Å². The van der Waals surface area contributed by atoms with E-state index in [2.05, 4.69) is 30.6 Å². The van der Waals surface area contributed by atoms with Crippen LogP contribution in [0.15, 0.2) is 29.2 Å². The van der Waals surface area contributed by atoms with Crippen LogP contribution in [0.25, 0.3) is 0 Å². The van der Waals surface area contributed by atoms with Crippen LogP contribution < -0.4 is 10.6 Å². The van der Waals surface area contributed by atoms with Crippen molar-refractivity contribution < 1.29 is 9.59 Å². The number of hydrogen-bond donors (Lipinski definition) is 2. The number of nitriles is 1. The van der Waals surface area contributed by atoms with Gasteiger partial charge in [0.1, 0.15) is 11.1 Å². The quantitative estimate of drug-likeness (QED) is 0.522. The van der Waals surface area contributed by atoms with Crippen molar-refractivity contribution in [3.63, 3.8) is 0 Å². The predicted octanol–water partition coefficient (Wildman–Crippen LogP) is 5.60. The molecule has 0 fully saturated rings. The first kappa shape index (κ1) is 22.4. The van der Waals surface area contributed by atoms with Gasteiger partial charge in [-0.25, -0.2) is 0 Å². The summed E-state index contributed by atoms with van der Waals surface area (Å²) in [6.45, 7) is 4.28. The topological polar surface area (TPSA) is 82.0 Å². The standard InChI is InChI=1S/C23H27N3O2S2/c1-3-4-8-21(27)25-16-6-5-7-17(12-16)29-14-22(28)26-23-19(13-24)18-10-9-15(2)11-20(18)30-23/h5-7,12,15H,3-4,8-11,14H2,1-2H3,(H,25,27)(H,26,28). The van der Waals surface area contributed by atoms with Crippen LogP contribution in [0.4, 0.5) is 10.7 Å². The minimum Gasteiger partial charge on any atom is -0.326 e. The Morgan fingerprint density at radius 2 is 2.13 bits per heavy atom. The number of unbranched alkanes of at least 4 members (excludes halogenated alkanes) is 1. The minimum absolute atomic E-state index is 0.0109. The lowest BCUT2D eigenvalue weighted by Gasteiger charge is -2.17. The molecule has 30 heavy (non-hydrogen) atoms. The second kappa shape index (κ2) is 10.6. The van der Waals surface area contributed by atoms with Gasteiger partial charge in [-0.15, -0.1) is 23.1 Å². The van der Waals surface area contributed by atoms with E-state index < -0.39 is 0 Å². The third-order valence-electron chi connectivity index (χ3n) is 5.12. The number of carbonyl (C=O) groups is 2. The Morgan fingerprint density at radius 1 is 1.30 bits per heavy atom. The van der Waals surface area contributed by atoms with E-state index in [0.717, 1.165) is 48.3 Å². The molecule has 1 aliphatic rings. The fourth-order valence-electron chi connectivity index (χ4n) is 3.49. The molecule has 1 unspecified atom stereocenters. The molecular weight excluding hydrogens is 414 g/mol. The number of nitrogens with zero attached hydrogens (tertiary/aromatic N) is 1. The Morgan fingerprint density at radius 3 is 2.90 bits per heavy atom. The summed E-state index contributed by atoms with van der Waals surface area (Å²) in [6, 6.07) is 9.82. The van der Waals surface area contributed by atoms with Gasteiger partial charge in [-0.3, -0.25) is 9.59 Å². The Bertz CT molecular complexity index is 962. The van der Waals surface area contributed by atoms with Crippen LogP contribution in [0.1, 0.15) is 55.5 Å². The number of amides is 2. The summed E-state index contributed by atoms with van der Waals surface area (Å²) >= 11 is 2.96. The van der Waals surface area contributed by atoms with Gasteiger partial charge in [0.15, 0.2) is 0 Å². The number of rotatable bonds is 8. The average Bonchev–Trinajstić information content (AvgIpc) is 3.06. The summed E-state index contributed by atoms with van der Waals surface area (Å²) in [5.41, 5.74) is 2.50. The predicted molar refractivity (Wildman–Crippen MR) is 124 cm³/mol. The maximum Gasteiger partial charge on any atom is 0.235 e. The van der Waals surface area contributed by atoms with Crippen LogP contribution in [0, 0.1) is 17.2 Å². The fraction of sp³-hybridized carbons (Fsp3) is 0.435. The van der Waals surface area contributed by atoms with Crippen LogP contribution in [-0.2, 0) is 22.4 Å². The smallest absolute Gasteiger partial charge is 0.235 e. The summed E-state index contributed by atoms with van der Waals surface area (Å²) < 4.78 is 0. The van der Waals surface area contributed by atoms with Gasteiger partial charge in [0, 0.05) is 21.9 Å². The second-order valence-corrected chi connectivity index (χ2v) is 9.84.